The lowest BCUT2D eigenvalue weighted by molar-refractivity contribution is -0.130. The topological polar surface area (TPSA) is 61.4 Å². The Labute approximate surface area is 155 Å². The van der Waals surface area contributed by atoms with Crippen molar-refractivity contribution in [3.8, 4) is 0 Å². The maximum Gasteiger partial charge on any atom is 0.241 e. The predicted octanol–water partition coefficient (Wildman–Crippen LogP) is 4.28. The fourth-order valence-electron chi connectivity index (χ4n) is 3.16. The first kappa shape index (κ1) is 19.6. The zero-order valence-corrected chi connectivity index (χ0v) is 15.9. The molecule has 1 fully saturated rings. The molecule has 0 aliphatic heterocycles. The summed E-state index contributed by atoms with van der Waals surface area (Å²) < 4.78 is 0. The first-order valence-electron chi connectivity index (χ1n) is 9.10. The van der Waals surface area contributed by atoms with Gasteiger partial charge in [0, 0.05) is 25.2 Å². The van der Waals surface area contributed by atoms with Gasteiger partial charge in [-0.3, -0.25) is 9.59 Å². The maximum atomic E-state index is 12.4. The molecule has 25 heavy (non-hydrogen) atoms. The number of nitrogens with one attached hydrogen (secondary N) is 2. The van der Waals surface area contributed by atoms with Crippen LogP contribution in [0.4, 0.5) is 11.4 Å². The van der Waals surface area contributed by atoms with Crippen molar-refractivity contribution < 1.29 is 9.59 Å². The molecule has 0 aromatic heterocycles. The Bertz CT molecular complexity index is 600. The molecule has 1 aromatic rings. The highest BCUT2D eigenvalue weighted by atomic mass is 35.5. The smallest absolute Gasteiger partial charge is 0.241 e. The molecule has 0 saturated heterocycles. The molecule has 0 radical (unpaired) electrons. The van der Waals surface area contributed by atoms with E-state index < -0.39 is 0 Å². The van der Waals surface area contributed by atoms with Gasteiger partial charge < -0.3 is 15.5 Å². The molecule has 0 spiro atoms. The zero-order valence-electron chi connectivity index (χ0n) is 15.1. The predicted molar refractivity (Wildman–Crippen MR) is 103 cm³/mol. The number of anilines is 2. The Kier molecular flexibility index (Phi) is 7.56. The Hall–Kier alpha value is -1.75. The number of carbonyl (C=O) groups excluding carboxylic acids is 2. The summed E-state index contributed by atoms with van der Waals surface area (Å²) in [6.07, 6.45) is 7.11. The van der Waals surface area contributed by atoms with E-state index in [1.54, 1.807) is 18.2 Å². The summed E-state index contributed by atoms with van der Waals surface area (Å²) in [5, 5.41) is 6.47. The summed E-state index contributed by atoms with van der Waals surface area (Å²) >= 11 is 6.21. The zero-order chi connectivity index (χ0) is 18.2. The Morgan fingerprint density at radius 1 is 1.24 bits per heavy atom. The molecule has 0 heterocycles. The number of carbonyl (C=O) groups is 2. The van der Waals surface area contributed by atoms with Crippen LogP contribution in [0.5, 0.6) is 0 Å². The van der Waals surface area contributed by atoms with E-state index in [9.17, 15) is 9.59 Å². The summed E-state index contributed by atoms with van der Waals surface area (Å²) in [4.78, 5) is 26.0. The average Bonchev–Trinajstić information content (AvgIpc) is 2.62. The molecule has 0 bridgehead atoms. The summed E-state index contributed by atoms with van der Waals surface area (Å²) in [5.41, 5.74) is 1.33. The van der Waals surface area contributed by atoms with Crippen molar-refractivity contribution in [2.24, 2.45) is 0 Å². The van der Waals surface area contributed by atoms with Crippen LogP contribution in [0.1, 0.15) is 51.9 Å². The molecular formula is C19H28ClN3O2. The third-order valence-corrected chi connectivity index (χ3v) is 5.00. The summed E-state index contributed by atoms with van der Waals surface area (Å²) in [6.45, 7) is 2.15. The molecular weight excluding hydrogens is 338 g/mol. The van der Waals surface area contributed by atoms with E-state index in [0.717, 1.165) is 19.3 Å². The third kappa shape index (κ3) is 5.92. The van der Waals surface area contributed by atoms with Crippen molar-refractivity contribution in [2.75, 3.05) is 24.2 Å². The van der Waals surface area contributed by atoms with E-state index in [1.807, 2.05) is 18.9 Å². The number of amides is 2. The van der Waals surface area contributed by atoms with Crippen molar-refractivity contribution in [3.63, 3.8) is 0 Å². The average molecular weight is 366 g/mol. The SMILES string of the molecule is CCCC(=O)Nc1ccc(Cl)c(NCC(=O)N(C)C2CCCCC2)c1. The van der Waals surface area contributed by atoms with Crippen LogP contribution in [-0.4, -0.2) is 36.3 Å². The van der Waals surface area contributed by atoms with Gasteiger partial charge in [-0.2, -0.15) is 0 Å². The largest absolute Gasteiger partial charge is 0.375 e. The quantitative estimate of drug-likeness (QED) is 0.758. The molecule has 0 atom stereocenters. The minimum Gasteiger partial charge on any atom is -0.375 e. The second kappa shape index (κ2) is 9.66. The molecule has 2 rings (SSSR count). The number of rotatable bonds is 7. The fourth-order valence-corrected chi connectivity index (χ4v) is 3.34. The Balaban J connectivity index is 1.92. The van der Waals surface area contributed by atoms with Gasteiger partial charge in [-0.15, -0.1) is 0 Å². The van der Waals surface area contributed by atoms with Gasteiger partial charge in [0.2, 0.25) is 11.8 Å². The van der Waals surface area contributed by atoms with Crippen LogP contribution in [0.15, 0.2) is 18.2 Å². The van der Waals surface area contributed by atoms with E-state index in [2.05, 4.69) is 10.6 Å². The Morgan fingerprint density at radius 3 is 2.64 bits per heavy atom. The fraction of sp³-hybridized carbons (Fsp3) is 0.579. The van der Waals surface area contributed by atoms with Gasteiger partial charge in [0.1, 0.15) is 0 Å². The maximum absolute atomic E-state index is 12.4. The van der Waals surface area contributed by atoms with Crippen LogP contribution in [-0.2, 0) is 9.59 Å². The molecule has 6 heteroatoms. The van der Waals surface area contributed by atoms with Crippen molar-refractivity contribution in [1.82, 2.24) is 4.90 Å². The summed E-state index contributed by atoms with van der Waals surface area (Å²) in [7, 11) is 1.88. The van der Waals surface area contributed by atoms with Crippen LogP contribution in [0, 0.1) is 0 Å². The molecule has 2 amide bonds. The van der Waals surface area contributed by atoms with Gasteiger partial charge in [-0.1, -0.05) is 37.8 Å². The van der Waals surface area contributed by atoms with Gasteiger partial charge >= 0.3 is 0 Å². The number of hydrogen-bond donors (Lipinski definition) is 2. The molecule has 1 aliphatic rings. The van der Waals surface area contributed by atoms with Crippen molar-refractivity contribution in [1.29, 1.82) is 0 Å². The molecule has 2 N–H and O–H groups in total. The summed E-state index contributed by atoms with van der Waals surface area (Å²) in [5.74, 6) is 0.0345. The van der Waals surface area contributed by atoms with Crippen molar-refractivity contribution in [2.45, 2.75) is 57.9 Å². The van der Waals surface area contributed by atoms with Crippen LogP contribution in [0.2, 0.25) is 5.02 Å². The van der Waals surface area contributed by atoms with E-state index in [0.29, 0.717) is 28.9 Å². The van der Waals surface area contributed by atoms with Gasteiger partial charge in [0.15, 0.2) is 0 Å². The highest BCUT2D eigenvalue weighted by molar-refractivity contribution is 6.33. The van der Waals surface area contributed by atoms with E-state index in [1.165, 1.54) is 19.3 Å². The lowest BCUT2D eigenvalue weighted by Crippen LogP contribution is -2.41. The Morgan fingerprint density at radius 2 is 1.96 bits per heavy atom. The van der Waals surface area contributed by atoms with Crippen LogP contribution in [0.3, 0.4) is 0 Å². The second-order valence-corrected chi connectivity index (χ2v) is 7.05. The van der Waals surface area contributed by atoms with Crippen LogP contribution < -0.4 is 10.6 Å². The number of benzene rings is 1. The first-order valence-corrected chi connectivity index (χ1v) is 9.48. The second-order valence-electron chi connectivity index (χ2n) is 6.64. The molecule has 1 aromatic carbocycles. The van der Waals surface area contributed by atoms with Gasteiger partial charge in [0.25, 0.3) is 0 Å². The number of likely N-dealkylation sites (N-methyl/N-ethyl adjacent to an activating group) is 1. The standard InChI is InChI=1S/C19H28ClN3O2/c1-3-7-18(24)22-14-10-11-16(20)17(12-14)21-13-19(25)23(2)15-8-5-4-6-9-15/h10-12,15,21H,3-9,13H2,1-2H3,(H,22,24). The highest BCUT2D eigenvalue weighted by Crippen LogP contribution is 2.26. The minimum absolute atomic E-state index is 0.0242. The van der Waals surface area contributed by atoms with Gasteiger partial charge in [-0.25, -0.2) is 0 Å². The highest BCUT2D eigenvalue weighted by Gasteiger charge is 2.21. The molecule has 1 aliphatic carbocycles. The van der Waals surface area contributed by atoms with Gasteiger partial charge in [-0.05, 0) is 37.5 Å². The summed E-state index contributed by atoms with van der Waals surface area (Å²) in [6, 6.07) is 5.60. The van der Waals surface area contributed by atoms with E-state index >= 15 is 0 Å². The normalized spacial score (nSPS) is 14.8. The van der Waals surface area contributed by atoms with Gasteiger partial charge in [0.05, 0.1) is 17.3 Å². The minimum atomic E-state index is -0.0242. The van der Waals surface area contributed by atoms with Crippen molar-refractivity contribution >= 4 is 34.8 Å². The van der Waals surface area contributed by atoms with E-state index in [-0.39, 0.29) is 18.4 Å². The lowest BCUT2D eigenvalue weighted by atomic mass is 9.94. The number of hydrogen-bond acceptors (Lipinski definition) is 3. The number of nitrogens with zero attached hydrogens (tertiary/aromatic N) is 1. The van der Waals surface area contributed by atoms with Crippen LogP contribution in [0.25, 0.3) is 0 Å². The van der Waals surface area contributed by atoms with E-state index in [4.69, 9.17) is 11.6 Å². The monoisotopic (exact) mass is 365 g/mol. The third-order valence-electron chi connectivity index (χ3n) is 4.67. The molecule has 0 unspecified atom stereocenters. The molecule has 1 saturated carbocycles. The molecule has 5 nitrogen and oxygen atoms in total. The van der Waals surface area contributed by atoms with Crippen molar-refractivity contribution in [3.05, 3.63) is 23.2 Å². The first-order chi connectivity index (χ1) is 12.0. The van der Waals surface area contributed by atoms with Crippen LogP contribution >= 0.6 is 11.6 Å². The number of halogens is 1. The lowest BCUT2D eigenvalue weighted by Gasteiger charge is -2.31. The molecule has 138 valence electrons.